The van der Waals surface area contributed by atoms with Crippen LogP contribution >= 0.6 is 7.60 Å². The highest BCUT2D eigenvalue weighted by Crippen LogP contribution is 2.55. The van der Waals surface area contributed by atoms with Gasteiger partial charge in [-0.3, -0.25) is 9.36 Å². The van der Waals surface area contributed by atoms with Gasteiger partial charge in [-0.1, -0.05) is 17.3 Å². The van der Waals surface area contributed by atoms with Gasteiger partial charge in [0, 0.05) is 0 Å². The van der Waals surface area contributed by atoms with E-state index in [2.05, 4.69) is 10.1 Å². The van der Waals surface area contributed by atoms with E-state index < -0.39 is 30.2 Å². The predicted octanol–water partition coefficient (Wildman–Crippen LogP) is 4.81. The number of rotatable bonds is 10. The molecule has 1 unspecified atom stereocenters. The van der Waals surface area contributed by atoms with Gasteiger partial charge in [0.05, 0.1) is 25.0 Å². The molecule has 3 rings (SSSR count). The Morgan fingerprint density at radius 2 is 1.78 bits per heavy atom. The van der Waals surface area contributed by atoms with E-state index in [1.807, 2.05) is 0 Å². The highest BCUT2D eigenvalue weighted by Gasteiger charge is 2.51. The van der Waals surface area contributed by atoms with Crippen molar-refractivity contribution in [3.8, 4) is 0 Å². The topological polar surface area (TPSA) is 101 Å². The first-order chi connectivity index (χ1) is 15.0. The highest BCUT2D eigenvalue weighted by molar-refractivity contribution is 7.55. The van der Waals surface area contributed by atoms with Crippen LogP contribution in [0.1, 0.15) is 64.7 Å². The molecule has 176 valence electrons. The summed E-state index contributed by atoms with van der Waals surface area (Å²) in [6, 6.07) is 6.21. The van der Waals surface area contributed by atoms with Gasteiger partial charge >= 0.3 is 13.6 Å². The maximum absolute atomic E-state index is 13.4. The van der Waals surface area contributed by atoms with Crippen LogP contribution in [0.5, 0.6) is 0 Å². The van der Waals surface area contributed by atoms with Crippen LogP contribution in [0, 0.1) is 5.82 Å². The van der Waals surface area contributed by atoms with E-state index in [0.29, 0.717) is 5.82 Å². The van der Waals surface area contributed by atoms with Crippen LogP contribution in [0.4, 0.5) is 4.39 Å². The van der Waals surface area contributed by atoms with Crippen molar-refractivity contribution in [1.82, 2.24) is 10.1 Å². The normalized spacial score (nSPS) is 16.6. The van der Waals surface area contributed by atoms with Crippen molar-refractivity contribution in [2.24, 2.45) is 0 Å². The number of ether oxygens (including phenoxy) is 1. The number of halogens is 1. The lowest BCUT2D eigenvalue weighted by Gasteiger charge is -2.27. The minimum absolute atomic E-state index is 0.0966. The lowest BCUT2D eigenvalue weighted by Crippen LogP contribution is -2.34. The van der Waals surface area contributed by atoms with Crippen LogP contribution in [0.3, 0.4) is 0 Å². The van der Waals surface area contributed by atoms with E-state index in [0.717, 1.165) is 18.4 Å². The summed E-state index contributed by atoms with van der Waals surface area (Å²) in [5.41, 5.74) is -1.60. The number of nitrogens with zero attached hydrogens (tertiary/aromatic N) is 2. The summed E-state index contributed by atoms with van der Waals surface area (Å²) in [4.78, 5) is 17.4. The SMILES string of the molecule is CCOP(=O)(OCC)C(Cc1nc(C2(c3ccc(F)cc3)CC2)no1)C(=O)OC(C)(C)C. The Labute approximate surface area is 187 Å². The van der Waals surface area contributed by atoms with Crippen LogP contribution < -0.4 is 0 Å². The molecule has 32 heavy (non-hydrogen) atoms. The smallest absolute Gasteiger partial charge is 0.345 e. The van der Waals surface area contributed by atoms with Crippen molar-refractivity contribution in [2.45, 2.75) is 70.6 Å². The molecule has 1 aromatic carbocycles. The average molecular weight is 468 g/mol. The van der Waals surface area contributed by atoms with Gasteiger partial charge in [-0.15, -0.1) is 0 Å². The number of hydrogen-bond donors (Lipinski definition) is 0. The second-order valence-corrected chi connectivity index (χ2v) is 10.9. The Bertz CT molecular complexity index is 971. The van der Waals surface area contributed by atoms with Crippen LogP contribution in [0.15, 0.2) is 28.8 Å². The molecular formula is C22H30FN2O6P. The third-order valence-corrected chi connectivity index (χ3v) is 7.48. The van der Waals surface area contributed by atoms with Crippen molar-refractivity contribution < 1.29 is 32.1 Å². The molecule has 1 heterocycles. The van der Waals surface area contributed by atoms with Crippen LogP contribution in [0.25, 0.3) is 0 Å². The Morgan fingerprint density at radius 3 is 2.28 bits per heavy atom. The molecule has 0 saturated heterocycles. The minimum atomic E-state index is -3.86. The van der Waals surface area contributed by atoms with Gasteiger partial charge in [0.25, 0.3) is 0 Å². The van der Waals surface area contributed by atoms with E-state index in [1.54, 1.807) is 46.8 Å². The highest BCUT2D eigenvalue weighted by atomic mass is 31.2. The first kappa shape index (κ1) is 24.6. The molecule has 1 saturated carbocycles. The van der Waals surface area contributed by atoms with Crippen molar-refractivity contribution in [2.75, 3.05) is 13.2 Å². The summed E-state index contributed by atoms with van der Waals surface area (Å²) >= 11 is 0. The molecule has 0 bridgehead atoms. The monoisotopic (exact) mass is 468 g/mol. The summed E-state index contributed by atoms with van der Waals surface area (Å²) in [7, 11) is -3.86. The summed E-state index contributed by atoms with van der Waals surface area (Å²) in [6.07, 6.45) is 1.44. The number of hydrogen-bond acceptors (Lipinski definition) is 8. The molecule has 1 fully saturated rings. The Balaban J connectivity index is 1.88. The molecule has 2 aromatic rings. The molecule has 0 aliphatic heterocycles. The van der Waals surface area contributed by atoms with Crippen molar-refractivity contribution >= 4 is 13.6 Å². The maximum atomic E-state index is 13.4. The molecule has 1 atom stereocenters. The molecule has 1 aliphatic rings. The van der Waals surface area contributed by atoms with E-state index >= 15 is 0 Å². The van der Waals surface area contributed by atoms with E-state index in [1.165, 1.54) is 12.1 Å². The van der Waals surface area contributed by atoms with Gasteiger partial charge < -0.3 is 18.3 Å². The second-order valence-electron chi connectivity index (χ2n) is 8.73. The quantitative estimate of drug-likeness (QED) is 0.362. The summed E-state index contributed by atoms with van der Waals surface area (Å²) in [5, 5.41) is 4.11. The Hall–Kier alpha value is -2.09. The van der Waals surface area contributed by atoms with Crippen molar-refractivity contribution in [3.63, 3.8) is 0 Å². The van der Waals surface area contributed by atoms with Gasteiger partial charge in [0.1, 0.15) is 11.4 Å². The predicted molar refractivity (Wildman–Crippen MR) is 115 cm³/mol. The van der Waals surface area contributed by atoms with Crippen LogP contribution in [0.2, 0.25) is 0 Å². The molecule has 0 N–H and O–H groups in total. The molecule has 8 nitrogen and oxygen atoms in total. The zero-order chi connectivity index (χ0) is 23.6. The fraction of sp³-hybridized carbons (Fsp3) is 0.591. The van der Waals surface area contributed by atoms with Gasteiger partial charge in [0.15, 0.2) is 11.5 Å². The molecule has 0 radical (unpaired) electrons. The average Bonchev–Trinajstić information content (AvgIpc) is 3.36. The van der Waals surface area contributed by atoms with E-state index in [9.17, 15) is 13.8 Å². The third-order valence-electron chi connectivity index (χ3n) is 5.09. The summed E-state index contributed by atoms with van der Waals surface area (Å²) in [6.45, 7) is 8.69. The maximum Gasteiger partial charge on any atom is 0.345 e. The number of benzene rings is 1. The number of carbonyl (C=O) groups excluding carboxylic acids is 1. The number of esters is 1. The van der Waals surface area contributed by atoms with Crippen molar-refractivity contribution in [1.29, 1.82) is 0 Å². The number of aromatic nitrogens is 2. The van der Waals surface area contributed by atoms with E-state index in [-0.39, 0.29) is 31.3 Å². The van der Waals surface area contributed by atoms with Crippen LogP contribution in [-0.2, 0) is 35.0 Å². The molecule has 0 amide bonds. The van der Waals surface area contributed by atoms with Gasteiger partial charge in [-0.2, -0.15) is 4.98 Å². The Kier molecular flexibility index (Phi) is 7.22. The summed E-state index contributed by atoms with van der Waals surface area (Å²) in [5.74, 6) is -0.461. The zero-order valence-corrected chi connectivity index (χ0v) is 20.0. The van der Waals surface area contributed by atoms with Gasteiger partial charge in [-0.05, 0) is 65.2 Å². The number of carbonyl (C=O) groups is 1. The fourth-order valence-electron chi connectivity index (χ4n) is 3.50. The second kappa shape index (κ2) is 9.41. The molecule has 10 heteroatoms. The first-order valence-corrected chi connectivity index (χ1v) is 12.3. The standard InChI is InChI=1S/C22H30FN2O6P/c1-6-28-32(27,29-7-2)17(19(26)30-21(3,4)5)14-18-24-20(25-31-18)22(12-13-22)15-8-10-16(23)11-9-15/h8-11,17H,6-7,12-14H2,1-5H3. The molecular weight excluding hydrogens is 438 g/mol. The fourth-order valence-corrected chi connectivity index (χ4v) is 5.35. The minimum Gasteiger partial charge on any atom is -0.459 e. The molecule has 1 aliphatic carbocycles. The van der Waals surface area contributed by atoms with Crippen LogP contribution in [-0.4, -0.2) is 40.6 Å². The lowest BCUT2D eigenvalue weighted by molar-refractivity contribution is -0.154. The molecule has 0 spiro atoms. The molecule has 1 aromatic heterocycles. The summed E-state index contributed by atoms with van der Waals surface area (Å²) < 4.78 is 48.5. The Morgan fingerprint density at radius 1 is 1.19 bits per heavy atom. The third kappa shape index (κ3) is 5.45. The largest absolute Gasteiger partial charge is 0.459 e. The zero-order valence-electron chi connectivity index (χ0n) is 19.1. The first-order valence-electron chi connectivity index (χ1n) is 10.7. The van der Waals surface area contributed by atoms with Crippen molar-refractivity contribution in [3.05, 3.63) is 47.4 Å². The lowest BCUT2D eigenvalue weighted by atomic mass is 9.95. The van der Waals surface area contributed by atoms with Gasteiger partial charge in [-0.25, -0.2) is 4.39 Å². The van der Waals surface area contributed by atoms with Gasteiger partial charge in [0.2, 0.25) is 5.89 Å². The van der Waals surface area contributed by atoms with E-state index in [4.69, 9.17) is 18.3 Å².